The second-order valence-electron chi connectivity index (χ2n) is 4.91. The molecular weight excluding hydrogens is 258 g/mol. The average molecular weight is 279 g/mol. The highest BCUT2D eigenvalue weighted by Crippen LogP contribution is 2.32. The zero-order chi connectivity index (χ0) is 14.0. The van der Waals surface area contributed by atoms with Crippen LogP contribution in [0.5, 0.6) is 0 Å². The number of aryl methyl sites for hydroxylation is 1. The molecule has 4 N–H and O–H groups in total. The van der Waals surface area contributed by atoms with Crippen LogP contribution in [0.25, 0.3) is 10.2 Å². The number of anilines is 2. The molecule has 5 heteroatoms. The summed E-state index contributed by atoms with van der Waals surface area (Å²) >= 11 is 1.64. The van der Waals surface area contributed by atoms with Crippen molar-refractivity contribution in [3.63, 3.8) is 0 Å². The molecule has 0 amide bonds. The molecule has 0 atom stereocenters. The molecule has 0 saturated heterocycles. The Morgan fingerprint density at radius 1 is 1.37 bits per heavy atom. The van der Waals surface area contributed by atoms with Crippen molar-refractivity contribution in [3.05, 3.63) is 17.1 Å². The monoisotopic (exact) mass is 279 g/mol. The lowest BCUT2D eigenvalue weighted by molar-refractivity contribution is 0.202. The van der Waals surface area contributed by atoms with Crippen LogP contribution in [0.15, 0.2) is 12.1 Å². The Bertz CT molecular complexity index is 567. The zero-order valence-corrected chi connectivity index (χ0v) is 12.5. The summed E-state index contributed by atoms with van der Waals surface area (Å²) in [6.45, 7) is 6.21. The Hall–Kier alpha value is -1.33. The normalized spacial score (nSPS) is 12.0. The van der Waals surface area contributed by atoms with Gasteiger partial charge in [-0.3, -0.25) is 0 Å². The molecule has 0 aliphatic rings. The average Bonchev–Trinajstić information content (AvgIpc) is 2.75. The van der Waals surface area contributed by atoms with Crippen LogP contribution in [0.3, 0.4) is 0 Å². The number of nitrogens with one attached hydrogen (secondary N) is 1. The van der Waals surface area contributed by atoms with Crippen LogP contribution in [-0.4, -0.2) is 22.2 Å². The predicted molar refractivity (Wildman–Crippen MR) is 82.8 cm³/mol. The molecule has 0 bridgehead atoms. The molecule has 2 rings (SSSR count). The van der Waals surface area contributed by atoms with E-state index < -0.39 is 0 Å². The van der Waals surface area contributed by atoms with Gasteiger partial charge in [-0.2, -0.15) is 0 Å². The number of aliphatic hydroxyl groups is 1. The maximum atomic E-state index is 9.63. The van der Waals surface area contributed by atoms with Crippen molar-refractivity contribution < 1.29 is 5.11 Å². The second kappa shape index (κ2) is 5.35. The van der Waals surface area contributed by atoms with E-state index in [2.05, 4.69) is 24.1 Å². The number of hydrogen-bond donors (Lipinski definition) is 3. The number of nitrogens with zero attached hydrogens (tertiary/aromatic N) is 1. The maximum absolute atomic E-state index is 9.63. The van der Waals surface area contributed by atoms with Gasteiger partial charge in [0.2, 0.25) is 0 Å². The van der Waals surface area contributed by atoms with Gasteiger partial charge in [-0.25, -0.2) is 4.98 Å². The first-order valence-corrected chi connectivity index (χ1v) is 7.41. The predicted octanol–water partition coefficient (Wildman–Crippen LogP) is 3.15. The molecule has 0 fully saturated rings. The van der Waals surface area contributed by atoms with Crippen LogP contribution < -0.4 is 11.1 Å². The van der Waals surface area contributed by atoms with Crippen molar-refractivity contribution in [2.24, 2.45) is 0 Å². The smallest absolute Gasteiger partial charge is 0.0907 e. The molecule has 0 radical (unpaired) electrons. The number of aromatic nitrogens is 1. The SMILES string of the molecule is CCC(CC)(CO)Nc1cc2nc(C)sc2cc1N. The van der Waals surface area contributed by atoms with Crippen LogP contribution >= 0.6 is 11.3 Å². The van der Waals surface area contributed by atoms with Crippen LogP contribution in [0.1, 0.15) is 31.7 Å². The lowest BCUT2D eigenvalue weighted by Gasteiger charge is -2.32. The van der Waals surface area contributed by atoms with E-state index in [0.29, 0.717) is 5.69 Å². The lowest BCUT2D eigenvalue weighted by Crippen LogP contribution is -2.41. The Kier molecular flexibility index (Phi) is 3.96. The summed E-state index contributed by atoms with van der Waals surface area (Å²) in [5, 5.41) is 14.1. The van der Waals surface area contributed by atoms with Crippen LogP contribution in [0.2, 0.25) is 0 Å². The summed E-state index contributed by atoms with van der Waals surface area (Å²) in [7, 11) is 0. The first-order valence-electron chi connectivity index (χ1n) is 6.59. The summed E-state index contributed by atoms with van der Waals surface area (Å²) in [5.41, 5.74) is 8.31. The fourth-order valence-corrected chi connectivity index (χ4v) is 3.05. The Labute approximate surface area is 117 Å². The van der Waals surface area contributed by atoms with E-state index in [0.717, 1.165) is 33.8 Å². The van der Waals surface area contributed by atoms with Gasteiger partial charge in [-0.15, -0.1) is 11.3 Å². The highest BCUT2D eigenvalue weighted by molar-refractivity contribution is 7.18. The standard InChI is InChI=1S/C14H21N3OS/c1-4-14(5-2,8-18)17-11-7-12-13(6-10(11)15)19-9(3)16-12/h6-7,17-18H,4-5,8,15H2,1-3H3. The van der Waals surface area contributed by atoms with Crippen LogP contribution in [0.4, 0.5) is 11.4 Å². The number of hydrogen-bond acceptors (Lipinski definition) is 5. The minimum Gasteiger partial charge on any atom is -0.397 e. The van der Waals surface area contributed by atoms with Crippen molar-refractivity contribution in [1.82, 2.24) is 4.98 Å². The van der Waals surface area contributed by atoms with Gasteiger partial charge in [-0.05, 0) is 31.9 Å². The molecule has 104 valence electrons. The van der Waals surface area contributed by atoms with Gasteiger partial charge in [-0.1, -0.05) is 13.8 Å². The Morgan fingerprint density at radius 3 is 2.63 bits per heavy atom. The van der Waals surface area contributed by atoms with Crippen molar-refractivity contribution in [2.45, 2.75) is 39.2 Å². The van der Waals surface area contributed by atoms with E-state index in [1.807, 2.05) is 19.1 Å². The number of benzene rings is 1. The summed E-state index contributed by atoms with van der Waals surface area (Å²) in [5.74, 6) is 0. The second-order valence-corrected chi connectivity index (χ2v) is 6.15. The number of aliphatic hydroxyl groups excluding tert-OH is 1. The molecular formula is C14H21N3OS. The third-order valence-electron chi connectivity index (χ3n) is 3.72. The summed E-state index contributed by atoms with van der Waals surface area (Å²) in [6.07, 6.45) is 1.68. The summed E-state index contributed by atoms with van der Waals surface area (Å²) in [4.78, 5) is 4.48. The van der Waals surface area contributed by atoms with E-state index in [-0.39, 0.29) is 12.1 Å². The number of nitrogen functional groups attached to an aromatic ring is 1. The number of rotatable bonds is 5. The van der Waals surface area contributed by atoms with Gasteiger partial charge < -0.3 is 16.2 Å². The summed E-state index contributed by atoms with van der Waals surface area (Å²) in [6, 6.07) is 3.93. The topological polar surface area (TPSA) is 71.2 Å². The Balaban J connectivity index is 2.41. The van der Waals surface area contributed by atoms with Crippen LogP contribution in [0, 0.1) is 6.92 Å². The molecule has 19 heavy (non-hydrogen) atoms. The Morgan fingerprint density at radius 2 is 2.05 bits per heavy atom. The van der Waals surface area contributed by atoms with Crippen molar-refractivity contribution in [1.29, 1.82) is 0 Å². The van der Waals surface area contributed by atoms with E-state index in [4.69, 9.17) is 5.73 Å². The first-order chi connectivity index (χ1) is 9.03. The quantitative estimate of drug-likeness (QED) is 0.735. The van der Waals surface area contributed by atoms with Crippen LogP contribution in [-0.2, 0) is 0 Å². The molecule has 4 nitrogen and oxygen atoms in total. The molecule has 0 unspecified atom stereocenters. The minimum absolute atomic E-state index is 0.0908. The summed E-state index contributed by atoms with van der Waals surface area (Å²) < 4.78 is 1.10. The fourth-order valence-electron chi connectivity index (χ4n) is 2.19. The third kappa shape index (κ3) is 2.67. The number of nitrogens with two attached hydrogens (primary N) is 1. The van der Waals surface area contributed by atoms with Gasteiger partial charge in [0.05, 0.1) is 38.7 Å². The molecule has 0 saturated carbocycles. The highest BCUT2D eigenvalue weighted by Gasteiger charge is 2.25. The van der Waals surface area contributed by atoms with Crippen molar-refractivity contribution in [3.8, 4) is 0 Å². The molecule has 2 aromatic rings. The van der Waals surface area contributed by atoms with E-state index in [1.54, 1.807) is 11.3 Å². The molecule has 0 aliphatic heterocycles. The molecule has 0 spiro atoms. The fraction of sp³-hybridized carbons (Fsp3) is 0.500. The highest BCUT2D eigenvalue weighted by atomic mass is 32.1. The largest absolute Gasteiger partial charge is 0.397 e. The van der Waals surface area contributed by atoms with E-state index >= 15 is 0 Å². The van der Waals surface area contributed by atoms with Gasteiger partial charge >= 0.3 is 0 Å². The maximum Gasteiger partial charge on any atom is 0.0907 e. The van der Waals surface area contributed by atoms with E-state index in [9.17, 15) is 5.11 Å². The van der Waals surface area contributed by atoms with Crippen molar-refractivity contribution >= 4 is 32.9 Å². The molecule has 1 aromatic heterocycles. The third-order valence-corrected chi connectivity index (χ3v) is 4.66. The van der Waals surface area contributed by atoms with E-state index in [1.165, 1.54) is 0 Å². The van der Waals surface area contributed by atoms with Gasteiger partial charge in [0, 0.05) is 0 Å². The first kappa shape index (κ1) is 14.1. The van der Waals surface area contributed by atoms with Gasteiger partial charge in [0.1, 0.15) is 0 Å². The minimum atomic E-state index is -0.313. The zero-order valence-electron chi connectivity index (χ0n) is 11.7. The van der Waals surface area contributed by atoms with Crippen molar-refractivity contribution in [2.75, 3.05) is 17.7 Å². The van der Waals surface area contributed by atoms with Gasteiger partial charge in [0.25, 0.3) is 0 Å². The lowest BCUT2D eigenvalue weighted by atomic mass is 9.93. The van der Waals surface area contributed by atoms with Gasteiger partial charge in [0.15, 0.2) is 0 Å². The number of thiazole rings is 1. The molecule has 1 aromatic carbocycles. The molecule has 1 heterocycles. The molecule has 0 aliphatic carbocycles. The number of fused-ring (bicyclic) bond motifs is 1.